The van der Waals surface area contributed by atoms with Gasteiger partial charge in [0.25, 0.3) is 0 Å². The van der Waals surface area contributed by atoms with Crippen LogP contribution < -0.4 is 0 Å². The maximum atomic E-state index is 11.8. The number of halogens is 1. The first-order valence-electron chi connectivity index (χ1n) is 5.03. The van der Waals surface area contributed by atoms with E-state index in [1.165, 1.54) is 0 Å². The van der Waals surface area contributed by atoms with Crippen LogP contribution in [-0.2, 0) is 4.79 Å². The van der Waals surface area contributed by atoms with Crippen molar-refractivity contribution >= 4 is 21.7 Å². The molecule has 2 atom stereocenters. The first-order valence-corrected chi connectivity index (χ1v) is 5.82. The smallest absolute Gasteiger partial charge is 0.142 e. The molecule has 0 unspecified atom stereocenters. The highest BCUT2D eigenvalue weighted by Crippen LogP contribution is 2.58. The summed E-state index contributed by atoms with van der Waals surface area (Å²) in [5.41, 5.74) is -0.347. The highest BCUT2D eigenvalue weighted by atomic mass is 79.9. The molecule has 0 aromatic carbocycles. The van der Waals surface area contributed by atoms with Crippen molar-refractivity contribution in [1.29, 1.82) is 0 Å². The van der Waals surface area contributed by atoms with Crippen LogP contribution in [0, 0.1) is 5.41 Å². The Labute approximate surface area is 92.5 Å². The summed E-state index contributed by atoms with van der Waals surface area (Å²) in [5, 5.41) is 10.6. The highest BCUT2D eigenvalue weighted by molar-refractivity contribution is 9.11. The fourth-order valence-electron chi connectivity index (χ4n) is 2.95. The second-order valence-corrected chi connectivity index (χ2v) is 5.82. The van der Waals surface area contributed by atoms with E-state index in [4.69, 9.17) is 0 Å². The molecule has 0 radical (unpaired) electrons. The van der Waals surface area contributed by atoms with Crippen LogP contribution in [0.1, 0.15) is 39.5 Å². The van der Waals surface area contributed by atoms with Gasteiger partial charge in [-0.15, -0.1) is 0 Å². The van der Waals surface area contributed by atoms with Gasteiger partial charge in [0.05, 0.1) is 11.0 Å². The van der Waals surface area contributed by atoms with Gasteiger partial charge in [0.1, 0.15) is 5.78 Å². The molecule has 0 amide bonds. The average molecular weight is 259 g/mol. The summed E-state index contributed by atoms with van der Waals surface area (Å²) in [7, 11) is 0. The third kappa shape index (κ3) is 1.03. The Morgan fingerprint density at radius 2 is 2.07 bits per heavy atom. The summed E-state index contributed by atoms with van der Waals surface area (Å²) >= 11 is 3.43. The number of carbonyl (C=O) groups excluding carboxylic acids is 1. The normalized spacial score (nSPS) is 45.6. The Balaban J connectivity index is 2.53. The van der Waals surface area contributed by atoms with Crippen molar-refractivity contribution in [2.75, 3.05) is 0 Å². The molecule has 2 rings (SSSR count). The molecule has 1 N–H and O–H groups in total. The van der Waals surface area contributed by atoms with Crippen LogP contribution in [-0.4, -0.2) is 16.5 Å². The van der Waals surface area contributed by atoms with E-state index in [-0.39, 0.29) is 5.78 Å². The standard InChI is InChI=1S/C11H15BrO2/c1-7(12)8-3-5-10(2)9(13)4-6-11(8,10)14/h14H,3-6H2,1-2H3/b8-7+/t10-,11+/m0/s1. The lowest BCUT2D eigenvalue weighted by molar-refractivity contribution is -0.130. The molecule has 0 saturated heterocycles. The quantitative estimate of drug-likeness (QED) is 0.725. The first kappa shape index (κ1) is 10.4. The van der Waals surface area contributed by atoms with Crippen LogP contribution in [0.5, 0.6) is 0 Å². The lowest BCUT2D eigenvalue weighted by atomic mass is 9.77. The first-order chi connectivity index (χ1) is 6.42. The van der Waals surface area contributed by atoms with Crippen molar-refractivity contribution in [3.05, 3.63) is 10.1 Å². The minimum atomic E-state index is -0.863. The van der Waals surface area contributed by atoms with Gasteiger partial charge in [0.2, 0.25) is 0 Å². The van der Waals surface area contributed by atoms with Crippen LogP contribution in [0.3, 0.4) is 0 Å². The summed E-state index contributed by atoms with van der Waals surface area (Å²) < 4.78 is 0.999. The largest absolute Gasteiger partial charge is 0.384 e. The Bertz CT molecular complexity index is 330. The predicted octanol–water partition coefficient (Wildman–Crippen LogP) is 2.55. The van der Waals surface area contributed by atoms with E-state index in [9.17, 15) is 9.90 Å². The number of Topliss-reactive ketones (excluding diaryl/α,β-unsaturated/α-hetero) is 1. The number of aliphatic hydroxyl groups is 1. The molecule has 0 aromatic heterocycles. The molecule has 0 heterocycles. The Morgan fingerprint density at radius 1 is 1.43 bits per heavy atom. The third-order valence-corrected chi connectivity index (χ3v) is 4.51. The topological polar surface area (TPSA) is 37.3 Å². The van der Waals surface area contributed by atoms with Crippen molar-refractivity contribution in [2.24, 2.45) is 5.41 Å². The molecular formula is C11H15BrO2. The zero-order valence-electron chi connectivity index (χ0n) is 8.56. The van der Waals surface area contributed by atoms with Crippen LogP contribution in [0.25, 0.3) is 0 Å². The van der Waals surface area contributed by atoms with Gasteiger partial charge in [-0.2, -0.15) is 0 Å². The van der Waals surface area contributed by atoms with Crippen LogP contribution >= 0.6 is 15.9 Å². The van der Waals surface area contributed by atoms with Gasteiger partial charge in [-0.1, -0.05) is 15.9 Å². The van der Waals surface area contributed by atoms with Gasteiger partial charge in [-0.3, -0.25) is 4.79 Å². The number of fused-ring (bicyclic) bond motifs is 1. The average Bonchev–Trinajstić information content (AvgIpc) is 2.47. The van der Waals surface area contributed by atoms with Crippen molar-refractivity contribution in [1.82, 2.24) is 0 Å². The Kier molecular flexibility index (Phi) is 2.16. The molecule has 3 heteroatoms. The summed E-state index contributed by atoms with van der Waals surface area (Å²) in [5.74, 6) is 0.226. The molecule has 0 aliphatic heterocycles. The number of rotatable bonds is 0. The Morgan fingerprint density at radius 3 is 2.64 bits per heavy atom. The predicted molar refractivity (Wildman–Crippen MR) is 58.2 cm³/mol. The van der Waals surface area contributed by atoms with E-state index in [1.54, 1.807) is 0 Å². The monoisotopic (exact) mass is 258 g/mol. The third-order valence-electron chi connectivity index (χ3n) is 4.03. The van der Waals surface area contributed by atoms with Gasteiger partial charge in [0, 0.05) is 6.42 Å². The van der Waals surface area contributed by atoms with E-state index in [1.807, 2.05) is 13.8 Å². The van der Waals surface area contributed by atoms with Gasteiger partial charge in [0.15, 0.2) is 0 Å². The summed E-state index contributed by atoms with van der Waals surface area (Å²) in [4.78, 5) is 11.8. The minimum Gasteiger partial charge on any atom is -0.384 e. The van der Waals surface area contributed by atoms with Gasteiger partial charge >= 0.3 is 0 Å². The molecule has 0 bridgehead atoms. The molecule has 2 nitrogen and oxygen atoms in total. The summed E-state index contributed by atoms with van der Waals surface area (Å²) in [6.45, 7) is 3.85. The van der Waals surface area contributed by atoms with E-state index in [0.29, 0.717) is 12.8 Å². The van der Waals surface area contributed by atoms with Gasteiger partial charge < -0.3 is 5.11 Å². The second-order valence-electron chi connectivity index (χ2n) is 4.63. The van der Waals surface area contributed by atoms with Crippen LogP contribution in [0.2, 0.25) is 0 Å². The zero-order chi connectivity index (χ0) is 10.6. The summed E-state index contributed by atoms with van der Waals surface area (Å²) in [6, 6.07) is 0. The molecule has 2 saturated carbocycles. The van der Waals surface area contributed by atoms with E-state index < -0.39 is 11.0 Å². The lowest BCUT2D eigenvalue weighted by Crippen LogP contribution is -2.41. The van der Waals surface area contributed by atoms with Crippen LogP contribution in [0.15, 0.2) is 10.1 Å². The van der Waals surface area contributed by atoms with Crippen molar-refractivity contribution < 1.29 is 9.90 Å². The number of hydrogen-bond acceptors (Lipinski definition) is 2. The number of allylic oxidation sites excluding steroid dienone is 1. The van der Waals surface area contributed by atoms with Crippen LogP contribution in [0.4, 0.5) is 0 Å². The molecular weight excluding hydrogens is 244 g/mol. The molecule has 14 heavy (non-hydrogen) atoms. The fourth-order valence-corrected chi connectivity index (χ4v) is 3.47. The SMILES string of the molecule is C/C(Br)=C1/CC[C@@]2(C)C(=O)CC[C@@]12O. The Hall–Kier alpha value is -0.150. The molecule has 2 aliphatic carbocycles. The molecule has 2 fully saturated rings. The summed E-state index contributed by atoms with van der Waals surface area (Å²) in [6.07, 6.45) is 2.76. The number of carbonyl (C=O) groups is 1. The molecule has 0 spiro atoms. The number of hydrogen-bond donors (Lipinski definition) is 1. The lowest BCUT2D eigenvalue weighted by Gasteiger charge is -2.32. The van der Waals surface area contributed by atoms with E-state index >= 15 is 0 Å². The van der Waals surface area contributed by atoms with Gasteiger partial charge in [-0.05, 0) is 43.2 Å². The van der Waals surface area contributed by atoms with Crippen molar-refractivity contribution in [3.63, 3.8) is 0 Å². The van der Waals surface area contributed by atoms with Crippen molar-refractivity contribution in [2.45, 2.75) is 45.1 Å². The fraction of sp³-hybridized carbons (Fsp3) is 0.727. The highest BCUT2D eigenvalue weighted by Gasteiger charge is 2.61. The number of ketones is 1. The maximum Gasteiger partial charge on any atom is 0.142 e. The van der Waals surface area contributed by atoms with E-state index in [2.05, 4.69) is 15.9 Å². The zero-order valence-corrected chi connectivity index (χ0v) is 10.1. The van der Waals surface area contributed by atoms with Crippen molar-refractivity contribution in [3.8, 4) is 0 Å². The van der Waals surface area contributed by atoms with E-state index in [0.717, 1.165) is 22.9 Å². The molecule has 2 aliphatic rings. The minimum absolute atomic E-state index is 0.226. The molecule has 78 valence electrons. The van der Waals surface area contributed by atoms with Gasteiger partial charge in [-0.25, -0.2) is 0 Å². The maximum absolute atomic E-state index is 11.8. The molecule has 0 aromatic rings. The second kappa shape index (κ2) is 2.92.